The zero-order valence-electron chi connectivity index (χ0n) is 14.3. The van der Waals surface area contributed by atoms with Crippen molar-refractivity contribution in [2.75, 3.05) is 13.1 Å². The monoisotopic (exact) mass is 388 g/mol. The fourth-order valence-corrected chi connectivity index (χ4v) is 3.60. The van der Waals surface area contributed by atoms with Gasteiger partial charge in [0.15, 0.2) is 5.65 Å². The van der Waals surface area contributed by atoms with Gasteiger partial charge in [-0.1, -0.05) is 36.2 Å². The topological polar surface area (TPSA) is 50.5 Å². The van der Waals surface area contributed by atoms with Gasteiger partial charge in [0.1, 0.15) is 5.56 Å². The lowest BCUT2D eigenvalue weighted by Gasteiger charge is -2.29. The molecule has 5 nitrogen and oxygen atoms in total. The Morgan fingerprint density at radius 3 is 2.65 bits per heavy atom. The summed E-state index contributed by atoms with van der Waals surface area (Å²) >= 11 is 12.2. The maximum atomic E-state index is 12.9. The zero-order valence-corrected chi connectivity index (χ0v) is 15.8. The van der Waals surface area contributed by atoms with Gasteiger partial charge in [-0.15, -0.1) is 0 Å². The first-order valence-corrected chi connectivity index (χ1v) is 9.37. The highest BCUT2D eigenvalue weighted by Gasteiger charge is 2.25. The second kappa shape index (κ2) is 6.89. The average Bonchev–Trinajstić information content (AvgIpc) is 3.08. The van der Waals surface area contributed by atoms with Crippen LogP contribution in [0, 0.1) is 5.92 Å². The van der Waals surface area contributed by atoms with Gasteiger partial charge in [-0.2, -0.15) is 5.10 Å². The summed E-state index contributed by atoms with van der Waals surface area (Å²) in [7, 11) is 0. The predicted octanol–water partition coefficient (Wildman–Crippen LogP) is 4.58. The van der Waals surface area contributed by atoms with Gasteiger partial charge in [-0.3, -0.25) is 4.79 Å². The van der Waals surface area contributed by atoms with Gasteiger partial charge < -0.3 is 4.90 Å². The highest BCUT2D eigenvalue weighted by Crippen LogP contribution is 2.29. The number of rotatable bonds is 2. The molecule has 2 aromatic heterocycles. The number of aromatic nitrogens is 3. The Kier molecular flexibility index (Phi) is 4.59. The number of halogens is 2. The Morgan fingerprint density at radius 2 is 1.92 bits per heavy atom. The molecule has 0 N–H and O–H groups in total. The van der Waals surface area contributed by atoms with Crippen molar-refractivity contribution in [1.29, 1.82) is 0 Å². The molecule has 1 saturated heterocycles. The average molecular weight is 389 g/mol. The van der Waals surface area contributed by atoms with Crippen molar-refractivity contribution < 1.29 is 4.79 Å². The molecule has 7 heteroatoms. The standard InChI is InChI=1S/C19H18Cl2N4O/c1-12-5-8-24(9-6-12)19(26)14-11-23-25-17(4-7-22-18(14)25)13-2-3-15(20)16(21)10-13/h2-4,7,10-12H,5-6,8-9H2,1H3. The summed E-state index contributed by atoms with van der Waals surface area (Å²) in [6, 6.07) is 7.25. The number of amides is 1. The van der Waals surface area contributed by atoms with E-state index in [9.17, 15) is 4.79 Å². The van der Waals surface area contributed by atoms with Crippen LogP contribution in [0.4, 0.5) is 0 Å². The predicted molar refractivity (Wildman–Crippen MR) is 103 cm³/mol. The minimum Gasteiger partial charge on any atom is -0.338 e. The maximum absolute atomic E-state index is 12.9. The molecular formula is C19H18Cl2N4O. The summed E-state index contributed by atoms with van der Waals surface area (Å²) in [5, 5.41) is 5.38. The Balaban J connectivity index is 1.73. The summed E-state index contributed by atoms with van der Waals surface area (Å²) in [6.45, 7) is 3.79. The molecule has 1 fully saturated rings. The van der Waals surface area contributed by atoms with Crippen LogP contribution in [0.1, 0.15) is 30.1 Å². The first-order chi connectivity index (χ1) is 12.5. The van der Waals surface area contributed by atoms with Gasteiger partial charge in [0.25, 0.3) is 5.91 Å². The van der Waals surface area contributed by atoms with Crippen LogP contribution in [-0.4, -0.2) is 38.5 Å². The third kappa shape index (κ3) is 3.06. The highest BCUT2D eigenvalue weighted by molar-refractivity contribution is 6.42. The van der Waals surface area contributed by atoms with E-state index in [0.717, 1.165) is 37.2 Å². The lowest BCUT2D eigenvalue weighted by Crippen LogP contribution is -2.37. The second-order valence-corrected chi connectivity index (χ2v) is 7.54. The van der Waals surface area contributed by atoms with E-state index in [2.05, 4.69) is 17.0 Å². The van der Waals surface area contributed by atoms with Crippen LogP contribution in [0.5, 0.6) is 0 Å². The van der Waals surface area contributed by atoms with Crippen LogP contribution < -0.4 is 0 Å². The third-order valence-corrected chi connectivity index (χ3v) is 5.66. The van der Waals surface area contributed by atoms with Crippen LogP contribution >= 0.6 is 23.2 Å². The van der Waals surface area contributed by atoms with Crippen LogP contribution in [0.2, 0.25) is 10.0 Å². The number of piperidine rings is 1. The minimum absolute atomic E-state index is 0.00862. The molecule has 3 heterocycles. The summed E-state index contributed by atoms with van der Waals surface area (Å²) in [5.41, 5.74) is 2.75. The zero-order chi connectivity index (χ0) is 18.3. The summed E-state index contributed by atoms with van der Waals surface area (Å²) in [4.78, 5) is 19.2. The van der Waals surface area contributed by atoms with Gasteiger partial charge in [0, 0.05) is 24.8 Å². The Morgan fingerprint density at radius 1 is 1.15 bits per heavy atom. The van der Waals surface area contributed by atoms with E-state index in [-0.39, 0.29) is 5.91 Å². The lowest BCUT2D eigenvalue weighted by atomic mass is 9.99. The van der Waals surface area contributed by atoms with Crippen LogP contribution in [0.25, 0.3) is 16.9 Å². The largest absolute Gasteiger partial charge is 0.338 e. The summed E-state index contributed by atoms with van der Waals surface area (Å²) in [6.07, 6.45) is 5.35. The first kappa shape index (κ1) is 17.3. The summed E-state index contributed by atoms with van der Waals surface area (Å²) < 4.78 is 1.68. The lowest BCUT2D eigenvalue weighted by molar-refractivity contribution is 0.0699. The number of carbonyl (C=O) groups excluding carboxylic acids is 1. The van der Waals surface area contributed by atoms with Gasteiger partial charge in [0.2, 0.25) is 0 Å². The number of carbonyl (C=O) groups is 1. The molecule has 0 spiro atoms. The molecule has 1 aromatic carbocycles. The fourth-order valence-electron chi connectivity index (χ4n) is 3.30. The van der Waals surface area contributed by atoms with E-state index in [1.54, 1.807) is 29.0 Å². The van der Waals surface area contributed by atoms with Gasteiger partial charge in [0.05, 0.1) is 21.9 Å². The molecule has 1 amide bonds. The van der Waals surface area contributed by atoms with E-state index in [0.29, 0.717) is 27.2 Å². The number of hydrogen-bond acceptors (Lipinski definition) is 3. The molecule has 26 heavy (non-hydrogen) atoms. The van der Waals surface area contributed by atoms with Crippen molar-refractivity contribution in [3.05, 3.63) is 52.3 Å². The smallest absolute Gasteiger partial charge is 0.259 e. The van der Waals surface area contributed by atoms with Crippen molar-refractivity contribution in [1.82, 2.24) is 19.5 Å². The van der Waals surface area contributed by atoms with Gasteiger partial charge >= 0.3 is 0 Å². The Labute approximate surface area is 161 Å². The van der Waals surface area contributed by atoms with E-state index in [1.165, 1.54) is 0 Å². The molecule has 1 aliphatic rings. The molecule has 0 atom stereocenters. The third-order valence-electron chi connectivity index (χ3n) is 4.92. The fraction of sp³-hybridized carbons (Fsp3) is 0.316. The molecule has 0 saturated carbocycles. The molecule has 0 unspecified atom stereocenters. The van der Waals surface area contributed by atoms with Crippen LogP contribution in [-0.2, 0) is 0 Å². The maximum Gasteiger partial charge on any atom is 0.259 e. The second-order valence-electron chi connectivity index (χ2n) is 6.73. The number of benzene rings is 1. The van der Waals surface area contributed by atoms with Crippen LogP contribution in [0.3, 0.4) is 0 Å². The quantitative estimate of drug-likeness (QED) is 0.645. The molecule has 0 radical (unpaired) electrons. The SMILES string of the molecule is CC1CCN(C(=O)c2cnn3c(-c4ccc(Cl)c(Cl)c4)ccnc23)CC1. The number of likely N-dealkylation sites (tertiary alicyclic amines) is 1. The van der Waals surface area contributed by atoms with E-state index < -0.39 is 0 Å². The molecule has 1 aliphatic heterocycles. The van der Waals surface area contributed by atoms with E-state index in [4.69, 9.17) is 23.2 Å². The number of hydrogen-bond donors (Lipinski definition) is 0. The highest BCUT2D eigenvalue weighted by atomic mass is 35.5. The van der Waals surface area contributed by atoms with Crippen molar-refractivity contribution in [2.45, 2.75) is 19.8 Å². The molecule has 4 rings (SSSR count). The van der Waals surface area contributed by atoms with Crippen molar-refractivity contribution in [2.24, 2.45) is 5.92 Å². The van der Waals surface area contributed by atoms with Gasteiger partial charge in [-0.25, -0.2) is 9.50 Å². The van der Waals surface area contributed by atoms with E-state index in [1.807, 2.05) is 17.0 Å². The van der Waals surface area contributed by atoms with E-state index >= 15 is 0 Å². The first-order valence-electron chi connectivity index (χ1n) is 8.62. The molecule has 3 aromatic rings. The van der Waals surface area contributed by atoms with Crippen molar-refractivity contribution in [3.8, 4) is 11.3 Å². The van der Waals surface area contributed by atoms with Crippen molar-refractivity contribution >= 4 is 34.8 Å². The summed E-state index contributed by atoms with van der Waals surface area (Å²) in [5.74, 6) is 0.660. The molecular weight excluding hydrogens is 371 g/mol. The number of fused-ring (bicyclic) bond motifs is 1. The van der Waals surface area contributed by atoms with Crippen LogP contribution in [0.15, 0.2) is 36.7 Å². The minimum atomic E-state index is -0.00862. The normalized spacial score (nSPS) is 15.6. The Hall–Kier alpha value is -2.11. The Bertz CT molecular complexity index is 977. The van der Waals surface area contributed by atoms with Crippen molar-refractivity contribution in [3.63, 3.8) is 0 Å². The van der Waals surface area contributed by atoms with Gasteiger partial charge in [-0.05, 0) is 37.0 Å². The molecule has 0 aliphatic carbocycles. The number of nitrogens with zero attached hydrogens (tertiary/aromatic N) is 4. The molecule has 134 valence electrons. The molecule has 0 bridgehead atoms.